The molecule has 3 nitrogen and oxygen atoms in total. The highest BCUT2D eigenvalue weighted by Crippen LogP contribution is 2.41. The number of nitrogens with zero attached hydrogens (tertiary/aromatic N) is 3. The van der Waals surface area contributed by atoms with Crippen molar-refractivity contribution in [2.75, 3.05) is 45.8 Å². The fourth-order valence-electron chi connectivity index (χ4n) is 4.55. The Morgan fingerprint density at radius 2 is 1.52 bits per heavy atom. The molecule has 1 spiro atoms. The van der Waals surface area contributed by atoms with Gasteiger partial charge in [0.1, 0.15) is 0 Å². The molecule has 0 aromatic carbocycles. The highest BCUT2D eigenvalue weighted by Gasteiger charge is 2.45. The van der Waals surface area contributed by atoms with Crippen molar-refractivity contribution < 1.29 is 0 Å². The molecule has 0 aromatic rings. The van der Waals surface area contributed by atoms with Gasteiger partial charge in [-0.25, -0.2) is 0 Å². The van der Waals surface area contributed by atoms with Crippen LogP contribution in [0.3, 0.4) is 0 Å². The molecule has 3 fully saturated rings. The summed E-state index contributed by atoms with van der Waals surface area (Å²) in [5, 5.41) is 0. The summed E-state index contributed by atoms with van der Waals surface area (Å²) in [7, 11) is 0. The number of piperidine rings is 1. The second-order valence-electron chi connectivity index (χ2n) is 8.54. The number of likely N-dealkylation sites (tertiary alicyclic amines) is 3. The van der Waals surface area contributed by atoms with Crippen LogP contribution in [0.25, 0.3) is 0 Å². The van der Waals surface area contributed by atoms with E-state index in [-0.39, 0.29) is 0 Å². The van der Waals surface area contributed by atoms with Gasteiger partial charge in [-0.05, 0) is 77.9 Å². The van der Waals surface area contributed by atoms with E-state index in [1.807, 2.05) is 0 Å². The van der Waals surface area contributed by atoms with Crippen molar-refractivity contribution >= 4 is 0 Å². The molecule has 3 heteroatoms. The van der Waals surface area contributed by atoms with Crippen molar-refractivity contribution in [1.29, 1.82) is 0 Å². The van der Waals surface area contributed by atoms with Gasteiger partial charge in [0.15, 0.2) is 0 Å². The van der Waals surface area contributed by atoms with Gasteiger partial charge in [0, 0.05) is 38.3 Å². The summed E-state index contributed by atoms with van der Waals surface area (Å²) in [6.07, 6.45) is 4.30. The minimum absolute atomic E-state index is 0.695. The Hall–Kier alpha value is -0.120. The zero-order valence-electron chi connectivity index (χ0n) is 14.6. The predicted octanol–water partition coefficient (Wildman–Crippen LogP) is 2.52. The molecule has 3 aliphatic heterocycles. The minimum Gasteiger partial charge on any atom is -0.303 e. The lowest BCUT2D eigenvalue weighted by atomic mass is 9.71. The molecule has 3 heterocycles. The van der Waals surface area contributed by atoms with E-state index in [0.717, 1.165) is 18.0 Å². The number of hydrogen-bond donors (Lipinski definition) is 0. The molecule has 1 atom stereocenters. The Bertz CT molecular complexity index is 336. The Labute approximate surface area is 131 Å². The van der Waals surface area contributed by atoms with Gasteiger partial charge in [-0.1, -0.05) is 0 Å². The van der Waals surface area contributed by atoms with Gasteiger partial charge in [0.25, 0.3) is 0 Å². The molecule has 3 saturated heterocycles. The van der Waals surface area contributed by atoms with E-state index >= 15 is 0 Å². The van der Waals surface area contributed by atoms with Crippen LogP contribution in [-0.4, -0.2) is 72.6 Å². The molecule has 0 amide bonds. The van der Waals surface area contributed by atoms with E-state index < -0.39 is 0 Å². The van der Waals surface area contributed by atoms with Crippen molar-refractivity contribution in [3.8, 4) is 0 Å². The average molecular weight is 293 g/mol. The van der Waals surface area contributed by atoms with Crippen molar-refractivity contribution in [2.45, 2.75) is 59.0 Å². The third kappa shape index (κ3) is 3.46. The highest BCUT2D eigenvalue weighted by molar-refractivity contribution is 4.99. The topological polar surface area (TPSA) is 9.72 Å². The molecule has 0 aliphatic carbocycles. The first-order valence-electron chi connectivity index (χ1n) is 9.18. The normalized spacial score (nSPS) is 31.4. The first kappa shape index (κ1) is 15.8. The van der Waals surface area contributed by atoms with Crippen LogP contribution in [0, 0.1) is 11.3 Å². The Balaban J connectivity index is 1.39. The van der Waals surface area contributed by atoms with Crippen LogP contribution in [0.15, 0.2) is 0 Å². The summed E-state index contributed by atoms with van der Waals surface area (Å²) in [5.41, 5.74) is 0.695. The predicted molar refractivity (Wildman–Crippen MR) is 89.6 cm³/mol. The van der Waals surface area contributed by atoms with Crippen LogP contribution in [0.5, 0.6) is 0 Å². The summed E-state index contributed by atoms with van der Waals surface area (Å²) < 4.78 is 0. The van der Waals surface area contributed by atoms with Gasteiger partial charge in [0.2, 0.25) is 0 Å². The van der Waals surface area contributed by atoms with Crippen LogP contribution < -0.4 is 0 Å². The highest BCUT2D eigenvalue weighted by atomic mass is 15.2. The molecule has 0 saturated carbocycles. The van der Waals surface area contributed by atoms with Crippen LogP contribution in [0.1, 0.15) is 47.0 Å². The zero-order valence-corrected chi connectivity index (χ0v) is 14.6. The molecule has 0 unspecified atom stereocenters. The second kappa shape index (κ2) is 6.17. The van der Waals surface area contributed by atoms with Crippen LogP contribution in [0.2, 0.25) is 0 Å². The molecular weight excluding hydrogens is 258 g/mol. The fourth-order valence-corrected chi connectivity index (χ4v) is 4.55. The molecule has 3 rings (SSSR count). The minimum atomic E-state index is 0.695. The molecule has 0 N–H and O–H groups in total. The maximum Gasteiger partial charge on any atom is 0.00541 e. The van der Waals surface area contributed by atoms with E-state index in [1.54, 1.807) is 0 Å². The molecule has 0 aromatic heterocycles. The van der Waals surface area contributed by atoms with Crippen LogP contribution in [-0.2, 0) is 0 Å². The van der Waals surface area contributed by atoms with Crippen LogP contribution >= 0.6 is 0 Å². The van der Waals surface area contributed by atoms with E-state index in [0.29, 0.717) is 5.41 Å². The van der Waals surface area contributed by atoms with Gasteiger partial charge in [-0.3, -0.25) is 4.90 Å². The SMILES string of the molecule is CC(C)N1CC[C@H](CN2CCC3(CC2)CN(C(C)C)C3)C1. The van der Waals surface area contributed by atoms with E-state index in [9.17, 15) is 0 Å². The fraction of sp³-hybridized carbons (Fsp3) is 1.00. The number of rotatable bonds is 4. The summed E-state index contributed by atoms with van der Waals surface area (Å²) in [6, 6.07) is 1.48. The largest absolute Gasteiger partial charge is 0.303 e. The summed E-state index contributed by atoms with van der Waals surface area (Å²) >= 11 is 0. The third-order valence-corrected chi connectivity index (χ3v) is 6.29. The lowest BCUT2D eigenvalue weighted by Gasteiger charge is -2.55. The summed E-state index contributed by atoms with van der Waals surface area (Å²) in [4.78, 5) is 8.06. The molecular formula is C18H35N3. The molecule has 0 radical (unpaired) electrons. The zero-order chi connectivity index (χ0) is 15.0. The Morgan fingerprint density at radius 3 is 2.05 bits per heavy atom. The van der Waals surface area contributed by atoms with E-state index in [4.69, 9.17) is 0 Å². The number of hydrogen-bond acceptors (Lipinski definition) is 3. The molecule has 21 heavy (non-hydrogen) atoms. The third-order valence-electron chi connectivity index (χ3n) is 6.29. The maximum atomic E-state index is 2.76. The Morgan fingerprint density at radius 1 is 0.905 bits per heavy atom. The standard InChI is InChI=1S/C18H35N3/c1-15(2)20-8-5-17(12-20)11-19-9-6-18(7-10-19)13-21(14-18)16(3)4/h15-17H,5-14H2,1-4H3/t17-/m1/s1. The van der Waals surface area contributed by atoms with Gasteiger partial charge in [0.05, 0.1) is 0 Å². The maximum absolute atomic E-state index is 2.76. The van der Waals surface area contributed by atoms with Crippen molar-refractivity contribution in [1.82, 2.24) is 14.7 Å². The lowest BCUT2D eigenvalue weighted by Crippen LogP contribution is -2.62. The molecule has 0 bridgehead atoms. The first-order chi connectivity index (χ1) is 9.97. The first-order valence-corrected chi connectivity index (χ1v) is 9.18. The van der Waals surface area contributed by atoms with Crippen molar-refractivity contribution in [3.63, 3.8) is 0 Å². The van der Waals surface area contributed by atoms with E-state index in [2.05, 4.69) is 42.4 Å². The van der Waals surface area contributed by atoms with Crippen LogP contribution in [0.4, 0.5) is 0 Å². The Kier molecular flexibility index (Phi) is 4.63. The monoisotopic (exact) mass is 293 g/mol. The summed E-state index contributed by atoms with van der Waals surface area (Å²) in [5.74, 6) is 0.926. The average Bonchev–Trinajstić information content (AvgIpc) is 2.85. The van der Waals surface area contributed by atoms with Gasteiger partial charge in [-0.15, -0.1) is 0 Å². The van der Waals surface area contributed by atoms with Crippen molar-refractivity contribution in [3.05, 3.63) is 0 Å². The summed E-state index contributed by atoms with van der Waals surface area (Å²) in [6.45, 7) is 18.8. The van der Waals surface area contributed by atoms with E-state index in [1.165, 1.54) is 65.1 Å². The van der Waals surface area contributed by atoms with Gasteiger partial charge < -0.3 is 9.80 Å². The molecule has 122 valence electrons. The second-order valence-corrected chi connectivity index (χ2v) is 8.54. The quantitative estimate of drug-likeness (QED) is 0.788. The van der Waals surface area contributed by atoms with Crippen molar-refractivity contribution in [2.24, 2.45) is 11.3 Å². The van der Waals surface area contributed by atoms with Gasteiger partial charge >= 0.3 is 0 Å². The smallest absolute Gasteiger partial charge is 0.00541 e. The molecule has 3 aliphatic rings. The van der Waals surface area contributed by atoms with Gasteiger partial charge in [-0.2, -0.15) is 0 Å². The lowest BCUT2D eigenvalue weighted by molar-refractivity contribution is -0.0637.